The quantitative estimate of drug-likeness (QED) is 0.867. The van der Waals surface area contributed by atoms with Crippen molar-refractivity contribution in [2.45, 2.75) is 77.5 Å². The molecular weight excluding hydrogens is 264 g/mol. The van der Waals surface area contributed by atoms with E-state index >= 15 is 0 Å². The Kier molecular flexibility index (Phi) is 5.67. The summed E-state index contributed by atoms with van der Waals surface area (Å²) in [4.78, 5) is 14.0. The zero-order valence-corrected chi connectivity index (χ0v) is 14.2. The van der Waals surface area contributed by atoms with E-state index in [-0.39, 0.29) is 11.5 Å². The zero-order chi connectivity index (χ0) is 15.5. The second-order valence-electron chi connectivity index (χ2n) is 7.26. The molecule has 2 heterocycles. The van der Waals surface area contributed by atoms with Crippen molar-refractivity contribution < 1.29 is 9.53 Å². The molecule has 2 aliphatic rings. The van der Waals surface area contributed by atoms with Gasteiger partial charge in [-0.15, -0.1) is 0 Å². The summed E-state index contributed by atoms with van der Waals surface area (Å²) >= 11 is 0. The molecule has 1 N–H and O–H groups in total. The molecule has 0 radical (unpaired) electrons. The summed E-state index contributed by atoms with van der Waals surface area (Å²) in [6.45, 7) is 11.1. The van der Waals surface area contributed by atoms with Crippen molar-refractivity contribution in [3.63, 3.8) is 0 Å². The van der Waals surface area contributed by atoms with Crippen molar-refractivity contribution >= 4 is 5.91 Å². The van der Waals surface area contributed by atoms with Crippen LogP contribution in [0.1, 0.15) is 59.8 Å². The lowest BCUT2D eigenvalue weighted by atomic mass is 9.89. The second kappa shape index (κ2) is 7.10. The van der Waals surface area contributed by atoms with E-state index in [0.717, 1.165) is 51.8 Å². The summed E-state index contributed by atoms with van der Waals surface area (Å²) in [5.74, 6) is 0.424. The van der Waals surface area contributed by atoms with Crippen LogP contribution >= 0.6 is 0 Å². The molecule has 2 atom stereocenters. The number of hydrogen-bond donors (Lipinski definition) is 1. The molecule has 2 rings (SSSR count). The highest BCUT2D eigenvalue weighted by atomic mass is 16.5. The molecule has 2 aliphatic heterocycles. The van der Waals surface area contributed by atoms with Gasteiger partial charge >= 0.3 is 0 Å². The smallest absolute Gasteiger partial charge is 0.225 e. The van der Waals surface area contributed by atoms with Gasteiger partial charge in [-0.2, -0.15) is 0 Å². The molecule has 2 saturated heterocycles. The van der Waals surface area contributed by atoms with Gasteiger partial charge in [-0.25, -0.2) is 0 Å². The monoisotopic (exact) mass is 296 g/mol. The minimum Gasteiger partial charge on any atom is -0.375 e. The van der Waals surface area contributed by atoms with Crippen LogP contribution in [0.5, 0.6) is 0 Å². The largest absolute Gasteiger partial charge is 0.375 e. The van der Waals surface area contributed by atoms with Crippen LogP contribution in [0.15, 0.2) is 0 Å². The van der Waals surface area contributed by atoms with Gasteiger partial charge in [0.05, 0.1) is 5.60 Å². The van der Waals surface area contributed by atoms with Gasteiger partial charge in [0, 0.05) is 37.7 Å². The molecule has 1 amide bonds. The number of carbonyl (C=O) groups excluding carboxylic acids is 1. The Morgan fingerprint density at radius 2 is 1.95 bits per heavy atom. The molecule has 0 aromatic heterocycles. The Morgan fingerprint density at radius 1 is 1.29 bits per heavy atom. The molecule has 4 nitrogen and oxygen atoms in total. The van der Waals surface area contributed by atoms with Crippen molar-refractivity contribution in [3.8, 4) is 0 Å². The van der Waals surface area contributed by atoms with Gasteiger partial charge < -0.3 is 15.0 Å². The minimum atomic E-state index is 0.0459. The number of ether oxygens (including phenoxy) is 1. The lowest BCUT2D eigenvalue weighted by molar-refractivity contribution is -0.135. The van der Waals surface area contributed by atoms with Crippen molar-refractivity contribution in [1.82, 2.24) is 10.2 Å². The summed E-state index contributed by atoms with van der Waals surface area (Å²) in [7, 11) is 0. The van der Waals surface area contributed by atoms with Gasteiger partial charge in [0.2, 0.25) is 5.91 Å². The molecule has 0 aliphatic carbocycles. The number of hydrogen-bond acceptors (Lipinski definition) is 3. The maximum atomic E-state index is 12.0. The van der Waals surface area contributed by atoms with Crippen LogP contribution in [0, 0.1) is 5.92 Å². The Bertz CT molecular complexity index is 351. The third-order valence-electron chi connectivity index (χ3n) is 5.11. The van der Waals surface area contributed by atoms with E-state index in [4.69, 9.17) is 4.74 Å². The maximum Gasteiger partial charge on any atom is 0.225 e. The molecule has 2 fully saturated rings. The predicted molar refractivity (Wildman–Crippen MR) is 85.2 cm³/mol. The first-order valence-electron chi connectivity index (χ1n) is 8.62. The van der Waals surface area contributed by atoms with E-state index in [1.165, 1.54) is 0 Å². The number of nitrogens with zero attached hydrogens (tertiary/aromatic N) is 1. The van der Waals surface area contributed by atoms with Gasteiger partial charge in [-0.05, 0) is 39.0 Å². The Balaban J connectivity index is 1.77. The fraction of sp³-hybridized carbons (Fsp3) is 0.941. The molecule has 2 unspecified atom stereocenters. The van der Waals surface area contributed by atoms with Crippen LogP contribution in [0.25, 0.3) is 0 Å². The van der Waals surface area contributed by atoms with Crippen molar-refractivity contribution in [3.05, 3.63) is 0 Å². The first kappa shape index (κ1) is 16.8. The highest BCUT2D eigenvalue weighted by molar-refractivity contribution is 5.78. The summed E-state index contributed by atoms with van der Waals surface area (Å²) in [6.07, 6.45) is 5.46. The van der Waals surface area contributed by atoms with E-state index in [1.807, 2.05) is 18.7 Å². The summed E-state index contributed by atoms with van der Waals surface area (Å²) < 4.78 is 5.92. The Morgan fingerprint density at radius 3 is 2.52 bits per heavy atom. The van der Waals surface area contributed by atoms with Gasteiger partial charge in [-0.3, -0.25) is 4.79 Å². The third kappa shape index (κ3) is 4.43. The number of nitrogens with one attached hydrogen (secondary N) is 1. The molecular formula is C17H32N2O2. The lowest BCUT2D eigenvalue weighted by Gasteiger charge is -2.41. The van der Waals surface area contributed by atoms with Crippen LogP contribution in [0.3, 0.4) is 0 Å². The van der Waals surface area contributed by atoms with E-state index in [0.29, 0.717) is 18.0 Å². The number of amides is 1. The van der Waals surface area contributed by atoms with Crippen LogP contribution < -0.4 is 5.32 Å². The van der Waals surface area contributed by atoms with Gasteiger partial charge in [0.1, 0.15) is 0 Å². The normalized spacial score (nSPS) is 31.7. The number of piperidine rings is 1. The average Bonchev–Trinajstić information content (AvgIpc) is 2.47. The molecule has 21 heavy (non-hydrogen) atoms. The molecule has 122 valence electrons. The molecule has 0 bridgehead atoms. The maximum absolute atomic E-state index is 12.0. The Labute approximate surface area is 129 Å². The zero-order valence-electron chi connectivity index (χ0n) is 14.2. The van der Waals surface area contributed by atoms with E-state index in [2.05, 4.69) is 19.2 Å². The SMILES string of the molecule is CCC1(C)CC(NC2CCN(C(=O)C(C)C)CC2)CCO1. The minimum absolute atomic E-state index is 0.0459. The fourth-order valence-electron chi connectivity index (χ4n) is 3.48. The third-order valence-corrected chi connectivity index (χ3v) is 5.11. The van der Waals surface area contributed by atoms with Crippen LogP contribution in [-0.2, 0) is 9.53 Å². The van der Waals surface area contributed by atoms with Crippen LogP contribution in [0.4, 0.5) is 0 Å². The molecule has 0 aromatic rings. The van der Waals surface area contributed by atoms with Gasteiger partial charge in [0.25, 0.3) is 0 Å². The lowest BCUT2D eigenvalue weighted by Crippen LogP contribution is -2.52. The summed E-state index contributed by atoms with van der Waals surface area (Å²) in [5.41, 5.74) is 0.0459. The van der Waals surface area contributed by atoms with Crippen molar-refractivity contribution in [2.75, 3.05) is 19.7 Å². The van der Waals surface area contributed by atoms with Crippen LogP contribution in [0.2, 0.25) is 0 Å². The molecule has 0 aromatic carbocycles. The van der Waals surface area contributed by atoms with E-state index in [9.17, 15) is 4.79 Å². The predicted octanol–water partition coefficient (Wildman–Crippen LogP) is 2.57. The highest BCUT2D eigenvalue weighted by Gasteiger charge is 2.33. The average molecular weight is 296 g/mol. The van der Waals surface area contributed by atoms with Gasteiger partial charge in [0.15, 0.2) is 0 Å². The summed E-state index contributed by atoms with van der Waals surface area (Å²) in [6, 6.07) is 1.13. The Hall–Kier alpha value is -0.610. The second-order valence-corrected chi connectivity index (χ2v) is 7.26. The molecule has 4 heteroatoms. The molecule has 0 spiro atoms. The topological polar surface area (TPSA) is 41.6 Å². The number of likely N-dealkylation sites (tertiary alicyclic amines) is 1. The number of rotatable bonds is 4. The van der Waals surface area contributed by atoms with Gasteiger partial charge in [-0.1, -0.05) is 20.8 Å². The first-order valence-corrected chi connectivity index (χ1v) is 8.62. The first-order chi connectivity index (χ1) is 9.93. The van der Waals surface area contributed by atoms with E-state index < -0.39 is 0 Å². The standard InChI is InChI=1S/C17H32N2O2/c1-5-17(4)12-15(8-11-21-17)18-14-6-9-19(10-7-14)16(20)13(2)3/h13-15,18H,5-12H2,1-4H3. The van der Waals surface area contributed by atoms with Crippen molar-refractivity contribution in [1.29, 1.82) is 0 Å². The fourth-order valence-corrected chi connectivity index (χ4v) is 3.48. The highest BCUT2D eigenvalue weighted by Crippen LogP contribution is 2.28. The van der Waals surface area contributed by atoms with E-state index in [1.54, 1.807) is 0 Å². The van der Waals surface area contributed by atoms with Crippen molar-refractivity contribution in [2.24, 2.45) is 5.92 Å². The summed E-state index contributed by atoms with van der Waals surface area (Å²) in [5, 5.41) is 3.82. The number of carbonyl (C=O) groups is 1. The van der Waals surface area contributed by atoms with Crippen LogP contribution in [-0.4, -0.2) is 48.2 Å². The molecule has 0 saturated carbocycles.